The standard InChI is InChI=1S/C23H32FN5O3/c1-13(14-6-8-15(9-7-14)19-17(24)11-26-28(19)5)27-21(31)18-10-16(30)12-29(18)22(32)20(25)23(2,3)4/h6-9,11,13,16,18,20,30H,10,12,25H2,1-5H3,(H,27,31)/t13-,16+,18-,20+/m0/s1. The van der Waals surface area contributed by atoms with Crippen LogP contribution < -0.4 is 11.1 Å². The fourth-order valence-electron chi connectivity index (χ4n) is 3.91. The van der Waals surface area contributed by atoms with Gasteiger partial charge in [-0.15, -0.1) is 0 Å². The summed E-state index contributed by atoms with van der Waals surface area (Å²) in [6.07, 6.45) is 0.561. The molecule has 4 atom stereocenters. The van der Waals surface area contributed by atoms with Crippen LogP contribution in [0.25, 0.3) is 11.3 Å². The van der Waals surface area contributed by atoms with Crippen molar-refractivity contribution in [2.75, 3.05) is 6.54 Å². The van der Waals surface area contributed by atoms with Crippen LogP contribution in [-0.4, -0.2) is 56.3 Å². The summed E-state index contributed by atoms with van der Waals surface area (Å²) in [5.41, 5.74) is 7.54. The molecule has 2 amide bonds. The van der Waals surface area contributed by atoms with E-state index in [1.54, 1.807) is 19.2 Å². The lowest BCUT2D eigenvalue weighted by Crippen LogP contribution is -2.55. The number of aromatic nitrogens is 2. The summed E-state index contributed by atoms with van der Waals surface area (Å²) in [5.74, 6) is -1.09. The molecule has 174 valence electrons. The third kappa shape index (κ3) is 4.83. The predicted molar refractivity (Wildman–Crippen MR) is 119 cm³/mol. The maximum absolute atomic E-state index is 14.0. The molecule has 32 heavy (non-hydrogen) atoms. The van der Waals surface area contributed by atoms with E-state index in [0.29, 0.717) is 11.3 Å². The van der Waals surface area contributed by atoms with E-state index < -0.39 is 29.4 Å². The second-order valence-electron chi connectivity index (χ2n) is 9.56. The minimum Gasteiger partial charge on any atom is -0.391 e. The van der Waals surface area contributed by atoms with Gasteiger partial charge in [0.2, 0.25) is 11.8 Å². The third-order valence-electron chi connectivity index (χ3n) is 6.00. The lowest BCUT2D eigenvalue weighted by Gasteiger charge is -2.32. The van der Waals surface area contributed by atoms with Gasteiger partial charge in [0.25, 0.3) is 0 Å². The molecule has 9 heteroatoms. The van der Waals surface area contributed by atoms with Crippen molar-refractivity contribution in [3.8, 4) is 11.3 Å². The lowest BCUT2D eigenvalue weighted by atomic mass is 9.86. The molecule has 1 fully saturated rings. The maximum atomic E-state index is 14.0. The molecule has 2 aromatic rings. The quantitative estimate of drug-likeness (QED) is 0.649. The first-order valence-electron chi connectivity index (χ1n) is 10.7. The van der Waals surface area contributed by atoms with Crippen molar-refractivity contribution in [2.45, 2.75) is 58.3 Å². The average Bonchev–Trinajstić information content (AvgIpc) is 3.28. The van der Waals surface area contributed by atoms with Gasteiger partial charge in [0.05, 0.1) is 24.4 Å². The van der Waals surface area contributed by atoms with E-state index in [-0.39, 0.29) is 30.8 Å². The number of hydrogen-bond donors (Lipinski definition) is 3. The highest BCUT2D eigenvalue weighted by atomic mass is 19.1. The number of nitrogens with two attached hydrogens (primary N) is 1. The zero-order valence-corrected chi connectivity index (χ0v) is 19.2. The summed E-state index contributed by atoms with van der Waals surface area (Å²) < 4.78 is 15.4. The molecular formula is C23H32FN5O3. The number of nitrogens with zero attached hydrogens (tertiary/aromatic N) is 3. The van der Waals surface area contributed by atoms with Gasteiger partial charge < -0.3 is 21.1 Å². The number of carbonyl (C=O) groups is 2. The number of benzene rings is 1. The van der Waals surface area contributed by atoms with Crippen LogP contribution >= 0.6 is 0 Å². The van der Waals surface area contributed by atoms with Crippen molar-refractivity contribution in [2.24, 2.45) is 18.2 Å². The molecule has 1 aliphatic rings. The Hall–Kier alpha value is -2.78. The number of aryl methyl sites for hydroxylation is 1. The number of amides is 2. The molecule has 3 rings (SSSR count). The number of rotatable bonds is 5. The number of aliphatic hydroxyl groups is 1. The molecule has 4 N–H and O–H groups in total. The van der Waals surface area contributed by atoms with E-state index in [2.05, 4.69) is 10.4 Å². The van der Waals surface area contributed by atoms with Gasteiger partial charge in [-0.1, -0.05) is 45.0 Å². The summed E-state index contributed by atoms with van der Waals surface area (Å²) in [6, 6.07) is 5.27. The van der Waals surface area contributed by atoms with Crippen LogP contribution in [0.1, 0.15) is 45.7 Å². The van der Waals surface area contributed by atoms with Gasteiger partial charge in [-0.3, -0.25) is 14.3 Å². The van der Waals surface area contributed by atoms with Gasteiger partial charge in [-0.25, -0.2) is 4.39 Å². The summed E-state index contributed by atoms with van der Waals surface area (Å²) in [7, 11) is 1.67. The Morgan fingerprint density at radius 1 is 1.28 bits per heavy atom. The molecule has 1 saturated heterocycles. The van der Waals surface area contributed by atoms with E-state index >= 15 is 0 Å². The van der Waals surface area contributed by atoms with Crippen LogP contribution in [-0.2, 0) is 16.6 Å². The van der Waals surface area contributed by atoms with Crippen LogP contribution in [0.15, 0.2) is 30.5 Å². The largest absolute Gasteiger partial charge is 0.391 e. The topological polar surface area (TPSA) is 113 Å². The molecule has 1 aromatic heterocycles. The van der Waals surface area contributed by atoms with Crippen molar-refractivity contribution in [3.05, 3.63) is 41.8 Å². The van der Waals surface area contributed by atoms with E-state index in [1.165, 1.54) is 15.8 Å². The molecule has 0 saturated carbocycles. The Morgan fingerprint density at radius 3 is 2.44 bits per heavy atom. The highest BCUT2D eigenvalue weighted by Crippen LogP contribution is 2.27. The Morgan fingerprint density at radius 2 is 1.91 bits per heavy atom. The Kier molecular flexibility index (Phi) is 6.71. The first kappa shape index (κ1) is 23.9. The number of carbonyl (C=O) groups excluding carboxylic acids is 2. The van der Waals surface area contributed by atoms with Crippen LogP contribution in [0.2, 0.25) is 0 Å². The molecule has 0 radical (unpaired) electrons. The van der Waals surface area contributed by atoms with Crippen LogP contribution in [0.5, 0.6) is 0 Å². The number of nitrogens with one attached hydrogen (secondary N) is 1. The highest BCUT2D eigenvalue weighted by Gasteiger charge is 2.42. The minimum absolute atomic E-state index is 0.0834. The Labute approximate surface area is 187 Å². The molecular weight excluding hydrogens is 413 g/mol. The fourth-order valence-corrected chi connectivity index (χ4v) is 3.91. The summed E-state index contributed by atoms with van der Waals surface area (Å²) >= 11 is 0. The summed E-state index contributed by atoms with van der Waals surface area (Å²) in [5, 5.41) is 17.0. The van der Waals surface area contributed by atoms with Gasteiger partial charge in [0, 0.05) is 25.6 Å². The van der Waals surface area contributed by atoms with Crippen molar-refractivity contribution in [1.82, 2.24) is 20.0 Å². The van der Waals surface area contributed by atoms with Gasteiger partial charge in [-0.05, 0) is 17.9 Å². The minimum atomic E-state index is -0.781. The fraction of sp³-hybridized carbons (Fsp3) is 0.522. The molecule has 8 nitrogen and oxygen atoms in total. The van der Waals surface area contributed by atoms with Crippen molar-refractivity contribution in [3.63, 3.8) is 0 Å². The van der Waals surface area contributed by atoms with E-state index in [0.717, 1.165) is 5.56 Å². The van der Waals surface area contributed by atoms with Crippen LogP contribution in [0, 0.1) is 11.2 Å². The number of aliphatic hydroxyl groups excluding tert-OH is 1. The van der Waals surface area contributed by atoms with Gasteiger partial charge in [0.15, 0.2) is 5.82 Å². The van der Waals surface area contributed by atoms with Crippen LogP contribution in [0.3, 0.4) is 0 Å². The number of likely N-dealkylation sites (tertiary alicyclic amines) is 1. The zero-order valence-electron chi connectivity index (χ0n) is 19.2. The normalized spacial score (nSPS) is 20.8. The lowest BCUT2D eigenvalue weighted by molar-refractivity contribution is -0.141. The van der Waals surface area contributed by atoms with E-state index in [1.807, 2.05) is 39.8 Å². The van der Waals surface area contributed by atoms with Gasteiger partial charge >= 0.3 is 0 Å². The average molecular weight is 446 g/mol. The number of β-amino-alcohol motifs (C(OH)–C–C–N with tert-alkyl or cyclic N) is 1. The summed E-state index contributed by atoms with van der Waals surface area (Å²) in [6.45, 7) is 7.50. The summed E-state index contributed by atoms with van der Waals surface area (Å²) in [4.78, 5) is 27.3. The highest BCUT2D eigenvalue weighted by molar-refractivity contribution is 5.91. The molecule has 1 aromatic carbocycles. The second kappa shape index (κ2) is 8.99. The number of hydrogen-bond acceptors (Lipinski definition) is 5. The van der Waals surface area contributed by atoms with Gasteiger partial charge in [-0.2, -0.15) is 5.10 Å². The number of halogens is 1. The first-order chi connectivity index (χ1) is 14.9. The molecule has 0 aliphatic carbocycles. The molecule has 0 spiro atoms. The van der Waals surface area contributed by atoms with E-state index in [9.17, 15) is 19.1 Å². The van der Waals surface area contributed by atoms with Gasteiger partial charge in [0.1, 0.15) is 11.7 Å². The molecule has 0 bridgehead atoms. The smallest absolute Gasteiger partial charge is 0.243 e. The zero-order chi connectivity index (χ0) is 23.8. The van der Waals surface area contributed by atoms with E-state index in [4.69, 9.17) is 5.73 Å². The second-order valence-corrected chi connectivity index (χ2v) is 9.56. The first-order valence-corrected chi connectivity index (χ1v) is 10.7. The molecule has 0 unspecified atom stereocenters. The monoisotopic (exact) mass is 445 g/mol. The van der Waals surface area contributed by atoms with Crippen molar-refractivity contribution >= 4 is 11.8 Å². The Balaban J connectivity index is 1.71. The predicted octanol–water partition coefficient (Wildman–Crippen LogP) is 1.74. The van der Waals surface area contributed by atoms with Crippen molar-refractivity contribution < 1.29 is 19.1 Å². The third-order valence-corrected chi connectivity index (χ3v) is 6.00. The maximum Gasteiger partial charge on any atom is 0.243 e. The molecule has 1 aliphatic heterocycles. The Bertz CT molecular complexity index is 963. The SMILES string of the molecule is C[C@H](NC(=O)[C@@H]1C[C@@H](O)CN1C(=O)[C@@H](N)C(C)(C)C)c1ccc(-c2c(F)cnn2C)cc1. The molecule has 2 heterocycles. The van der Waals surface area contributed by atoms with Crippen molar-refractivity contribution in [1.29, 1.82) is 0 Å². The van der Waals surface area contributed by atoms with Crippen LogP contribution in [0.4, 0.5) is 4.39 Å².